The highest BCUT2D eigenvalue weighted by Gasteiger charge is 2.19. The fourth-order valence-corrected chi connectivity index (χ4v) is 3.27. The van der Waals surface area contributed by atoms with E-state index in [-0.39, 0.29) is 12.0 Å². The van der Waals surface area contributed by atoms with E-state index in [9.17, 15) is 0 Å². The van der Waals surface area contributed by atoms with Crippen molar-refractivity contribution in [3.63, 3.8) is 0 Å². The van der Waals surface area contributed by atoms with Crippen LogP contribution in [0.5, 0.6) is 0 Å². The molecule has 0 radical (unpaired) electrons. The molecule has 6 nitrogen and oxygen atoms in total. The van der Waals surface area contributed by atoms with Crippen molar-refractivity contribution in [3.05, 3.63) is 29.6 Å². The Balaban J connectivity index is 1.85. The van der Waals surface area contributed by atoms with Crippen molar-refractivity contribution in [3.8, 4) is 0 Å². The van der Waals surface area contributed by atoms with Crippen LogP contribution < -0.4 is 5.32 Å². The maximum absolute atomic E-state index is 5.72. The van der Waals surface area contributed by atoms with Gasteiger partial charge in [-0.3, -0.25) is 0 Å². The van der Waals surface area contributed by atoms with Gasteiger partial charge in [-0.05, 0) is 31.9 Å². The number of aromatic nitrogens is 4. The Morgan fingerprint density at radius 3 is 2.96 bits per heavy atom. The fourth-order valence-electron chi connectivity index (χ4n) is 3.27. The zero-order valence-corrected chi connectivity index (χ0v) is 14.4. The highest BCUT2D eigenvalue weighted by Crippen LogP contribution is 2.26. The Bertz CT molecular complexity index is 880. The Labute approximate surface area is 141 Å². The number of hydrogen-bond donors (Lipinski definition) is 1. The van der Waals surface area contributed by atoms with Crippen LogP contribution in [0.15, 0.2) is 18.2 Å². The van der Waals surface area contributed by atoms with Gasteiger partial charge in [-0.1, -0.05) is 25.5 Å². The summed E-state index contributed by atoms with van der Waals surface area (Å²) in [4.78, 5) is 4.84. The molecule has 0 saturated carbocycles. The molecule has 0 aliphatic carbocycles. The Morgan fingerprint density at radius 2 is 2.21 bits per heavy atom. The molecule has 2 aromatic heterocycles. The number of ether oxygens (including phenoxy) is 1. The monoisotopic (exact) mass is 325 g/mol. The molecule has 0 bridgehead atoms. The molecule has 126 valence electrons. The number of fused-ring (bicyclic) bond motifs is 3. The summed E-state index contributed by atoms with van der Waals surface area (Å²) in [6, 6.07) is 6.25. The Morgan fingerprint density at radius 1 is 1.33 bits per heavy atom. The van der Waals surface area contributed by atoms with Crippen LogP contribution in [0, 0.1) is 6.92 Å². The van der Waals surface area contributed by atoms with Crippen LogP contribution in [0.4, 0.5) is 5.95 Å². The molecule has 1 aliphatic rings. The SMILES string of the molecule is Cc1ccc2nc(NCC3CCCO3)n3c(C(C)C)nnc3c2c1. The van der Waals surface area contributed by atoms with Gasteiger partial charge in [0.1, 0.15) is 5.82 Å². The molecule has 1 aromatic carbocycles. The smallest absolute Gasteiger partial charge is 0.210 e. The summed E-state index contributed by atoms with van der Waals surface area (Å²) in [5.41, 5.74) is 2.99. The highest BCUT2D eigenvalue weighted by molar-refractivity contribution is 5.93. The predicted molar refractivity (Wildman–Crippen MR) is 94.6 cm³/mol. The van der Waals surface area contributed by atoms with E-state index in [1.807, 2.05) is 6.07 Å². The molecular weight excluding hydrogens is 302 g/mol. The van der Waals surface area contributed by atoms with E-state index in [4.69, 9.17) is 9.72 Å². The molecule has 0 amide bonds. The molecule has 1 saturated heterocycles. The Hall–Kier alpha value is -2.21. The molecule has 1 aliphatic heterocycles. The molecule has 3 aromatic rings. The molecule has 0 spiro atoms. The van der Waals surface area contributed by atoms with Crippen LogP contribution in [0.1, 0.15) is 44.0 Å². The van der Waals surface area contributed by atoms with Gasteiger partial charge in [-0.25, -0.2) is 9.38 Å². The number of rotatable bonds is 4. The van der Waals surface area contributed by atoms with Crippen LogP contribution in [0.3, 0.4) is 0 Å². The molecule has 4 rings (SSSR count). The molecule has 3 heterocycles. The topological polar surface area (TPSA) is 64.3 Å². The van der Waals surface area contributed by atoms with Gasteiger partial charge in [0, 0.05) is 24.5 Å². The van der Waals surface area contributed by atoms with Crippen LogP contribution in [0.25, 0.3) is 16.6 Å². The lowest BCUT2D eigenvalue weighted by atomic mass is 10.1. The average Bonchev–Trinajstić information content (AvgIpc) is 3.22. The first kappa shape index (κ1) is 15.3. The minimum atomic E-state index is 0.259. The number of anilines is 1. The number of hydrogen-bond acceptors (Lipinski definition) is 5. The summed E-state index contributed by atoms with van der Waals surface area (Å²) in [5.74, 6) is 1.99. The van der Waals surface area contributed by atoms with Gasteiger partial charge in [-0.2, -0.15) is 0 Å². The maximum Gasteiger partial charge on any atom is 0.210 e. The highest BCUT2D eigenvalue weighted by atomic mass is 16.5. The lowest BCUT2D eigenvalue weighted by Gasteiger charge is -2.15. The minimum Gasteiger partial charge on any atom is -0.376 e. The zero-order chi connectivity index (χ0) is 16.7. The van der Waals surface area contributed by atoms with Crippen LogP contribution in [0.2, 0.25) is 0 Å². The van der Waals surface area contributed by atoms with Crippen molar-refractivity contribution < 1.29 is 4.74 Å². The third kappa shape index (κ3) is 2.60. The van der Waals surface area contributed by atoms with Crippen LogP contribution in [-0.2, 0) is 4.74 Å². The first-order valence-corrected chi connectivity index (χ1v) is 8.64. The molecule has 1 fully saturated rings. The second-order valence-corrected chi connectivity index (χ2v) is 6.84. The fraction of sp³-hybridized carbons (Fsp3) is 0.500. The quantitative estimate of drug-likeness (QED) is 0.797. The van der Waals surface area contributed by atoms with Gasteiger partial charge < -0.3 is 10.1 Å². The number of benzene rings is 1. The van der Waals surface area contributed by atoms with Gasteiger partial charge in [0.25, 0.3) is 0 Å². The van der Waals surface area contributed by atoms with E-state index >= 15 is 0 Å². The molecule has 6 heteroatoms. The average molecular weight is 325 g/mol. The van der Waals surface area contributed by atoms with E-state index < -0.39 is 0 Å². The molecule has 24 heavy (non-hydrogen) atoms. The number of nitrogens with zero attached hydrogens (tertiary/aromatic N) is 4. The number of nitrogens with one attached hydrogen (secondary N) is 1. The molecule has 1 unspecified atom stereocenters. The predicted octanol–water partition coefficient (Wildman–Crippen LogP) is 3.30. The first-order valence-electron chi connectivity index (χ1n) is 8.64. The molecule has 1 atom stereocenters. The van der Waals surface area contributed by atoms with E-state index in [2.05, 4.69) is 52.8 Å². The lowest BCUT2D eigenvalue weighted by molar-refractivity contribution is 0.120. The maximum atomic E-state index is 5.72. The first-order chi connectivity index (χ1) is 11.6. The molecule has 1 N–H and O–H groups in total. The van der Waals surface area contributed by atoms with Crippen LogP contribution >= 0.6 is 0 Å². The van der Waals surface area contributed by atoms with Crippen molar-refractivity contribution in [2.45, 2.75) is 45.6 Å². The third-order valence-corrected chi connectivity index (χ3v) is 4.55. The largest absolute Gasteiger partial charge is 0.376 e. The summed E-state index contributed by atoms with van der Waals surface area (Å²) in [6.07, 6.45) is 2.49. The summed E-state index contributed by atoms with van der Waals surface area (Å²) < 4.78 is 7.78. The summed E-state index contributed by atoms with van der Waals surface area (Å²) in [7, 11) is 0. The van der Waals surface area contributed by atoms with Crippen molar-refractivity contribution in [1.82, 2.24) is 19.6 Å². The summed E-state index contributed by atoms with van der Waals surface area (Å²) in [6.45, 7) is 7.95. The van der Waals surface area contributed by atoms with Gasteiger partial charge in [-0.15, -0.1) is 10.2 Å². The van der Waals surface area contributed by atoms with Crippen molar-refractivity contribution >= 4 is 22.5 Å². The van der Waals surface area contributed by atoms with E-state index in [0.717, 1.165) is 54.3 Å². The van der Waals surface area contributed by atoms with Crippen LogP contribution in [-0.4, -0.2) is 38.8 Å². The summed E-state index contributed by atoms with van der Waals surface area (Å²) in [5, 5.41) is 13.4. The minimum absolute atomic E-state index is 0.259. The van der Waals surface area contributed by atoms with Gasteiger partial charge >= 0.3 is 0 Å². The third-order valence-electron chi connectivity index (χ3n) is 4.55. The van der Waals surface area contributed by atoms with E-state index in [1.165, 1.54) is 5.56 Å². The van der Waals surface area contributed by atoms with Gasteiger partial charge in [0.15, 0.2) is 5.65 Å². The van der Waals surface area contributed by atoms with Crippen molar-refractivity contribution in [1.29, 1.82) is 0 Å². The Kier molecular flexibility index (Phi) is 3.84. The standard InChI is InChI=1S/C18H23N5O/c1-11(2)16-21-22-17-14-9-12(3)6-7-15(14)20-18(23(16)17)19-10-13-5-4-8-24-13/h6-7,9,11,13H,4-5,8,10H2,1-3H3,(H,19,20). The van der Waals surface area contributed by atoms with Crippen molar-refractivity contribution in [2.75, 3.05) is 18.5 Å². The number of aryl methyl sites for hydroxylation is 1. The van der Waals surface area contributed by atoms with E-state index in [0.29, 0.717) is 0 Å². The normalized spacial score (nSPS) is 18.1. The second kappa shape index (κ2) is 6.02. The van der Waals surface area contributed by atoms with Gasteiger partial charge in [0.2, 0.25) is 5.95 Å². The zero-order valence-electron chi connectivity index (χ0n) is 14.4. The second-order valence-electron chi connectivity index (χ2n) is 6.84. The summed E-state index contributed by atoms with van der Waals surface area (Å²) >= 11 is 0. The molecular formula is C18H23N5O. The van der Waals surface area contributed by atoms with E-state index in [1.54, 1.807) is 0 Å². The lowest BCUT2D eigenvalue weighted by Crippen LogP contribution is -2.21. The van der Waals surface area contributed by atoms with Crippen molar-refractivity contribution in [2.24, 2.45) is 0 Å². The van der Waals surface area contributed by atoms with Gasteiger partial charge in [0.05, 0.1) is 11.6 Å².